The second kappa shape index (κ2) is 7.85. The SMILES string of the molecule is CC/C=N\C(C)=N\N(C)c1cc(NC(=O)N2CC(F)C2)ccc1F. The molecule has 0 bridgehead atoms. The number of alkyl halides is 1. The topological polar surface area (TPSA) is 60.3 Å². The Hall–Kier alpha value is -2.51. The highest BCUT2D eigenvalue weighted by molar-refractivity contribution is 5.91. The number of amides is 2. The van der Waals surface area contributed by atoms with Gasteiger partial charge in [-0.15, -0.1) is 0 Å². The molecule has 1 aromatic rings. The van der Waals surface area contributed by atoms with Crippen molar-refractivity contribution < 1.29 is 13.6 Å². The van der Waals surface area contributed by atoms with Crippen molar-refractivity contribution in [1.82, 2.24) is 4.90 Å². The summed E-state index contributed by atoms with van der Waals surface area (Å²) in [6.07, 6.45) is 1.53. The van der Waals surface area contributed by atoms with Crippen molar-refractivity contribution in [1.29, 1.82) is 0 Å². The van der Waals surface area contributed by atoms with E-state index in [1.807, 2.05) is 6.92 Å². The minimum absolute atomic E-state index is 0.0821. The van der Waals surface area contributed by atoms with Crippen molar-refractivity contribution in [3.63, 3.8) is 0 Å². The van der Waals surface area contributed by atoms with Crippen LogP contribution >= 0.6 is 0 Å². The summed E-state index contributed by atoms with van der Waals surface area (Å²) in [5.41, 5.74) is 0.612. The van der Waals surface area contributed by atoms with Crippen LogP contribution in [-0.2, 0) is 0 Å². The number of likely N-dealkylation sites (tertiary alicyclic amines) is 1. The molecule has 130 valence electrons. The molecule has 2 rings (SSSR count). The van der Waals surface area contributed by atoms with Gasteiger partial charge in [-0.1, -0.05) is 6.92 Å². The molecule has 0 radical (unpaired) electrons. The molecule has 0 spiro atoms. The molecule has 1 fully saturated rings. The van der Waals surface area contributed by atoms with Crippen LogP contribution in [0.1, 0.15) is 20.3 Å². The number of hydrogen-bond donors (Lipinski definition) is 1. The minimum Gasteiger partial charge on any atom is -0.319 e. The van der Waals surface area contributed by atoms with Gasteiger partial charge in [-0.2, -0.15) is 5.10 Å². The predicted molar refractivity (Wildman–Crippen MR) is 92.2 cm³/mol. The number of hydrogen-bond acceptors (Lipinski definition) is 3. The normalized spacial score (nSPS) is 15.5. The molecule has 0 aliphatic carbocycles. The number of anilines is 2. The van der Waals surface area contributed by atoms with Crippen LogP contribution < -0.4 is 10.3 Å². The molecule has 1 saturated heterocycles. The Morgan fingerprint density at radius 2 is 2.21 bits per heavy atom. The maximum Gasteiger partial charge on any atom is 0.322 e. The van der Waals surface area contributed by atoms with Crippen LogP contribution in [0.3, 0.4) is 0 Å². The van der Waals surface area contributed by atoms with E-state index in [-0.39, 0.29) is 18.8 Å². The summed E-state index contributed by atoms with van der Waals surface area (Å²) in [5, 5.41) is 8.16. The maximum atomic E-state index is 14.0. The maximum absolute atomic E-state index is 14.0. The summed E-state index contributed by atoms with van der Waals surface area (Å²) < 4.78 is 26.8. The van der Waals surface area contributed by atoms with E-state index < -0.39 is 18.0 Å². The van der Waals surface area contributed by atoms with Gasteiger partial charge in [0.05, 0.1) is 18.8 Å². The molecular weight excluding hydrogens is 316 g/mol. The number of nitrogens with one attached hydrogen (secondary N) is 1. The first kappa shape index (κ1) is 17.8. The fraction of sp³-hybridized carbons (Fsp3) is 0.438. The van der Waals surface area contributed by atoms with Crippen molar-refractivity contribution in [2.75, 3.05) is 30.5 Å². The predicted octanol–water partition coefficient (Wildman–Crippen LogP) is 3.26. The molecule has 0 atom stereocenters. The average molecular weight is 337 g/mol. The molecule has 24 heavy (non-hydrogen) atoms. The number of urea groups is 1. The van der Waals surface area contributed by atoms with Crippen LogP contribution in [0, 0.1) is 5.82 Å². The molecule has 1 heterocycles. The molecular formula is C16H21F2N5O. The van der Waals surface area contributed by atoms with Gasteiger partial charge in [-0.3, -0.25) is 5.01 Å². The van der Waals surface area contributed by atoms with Gasteiger partial charge in [0.1, 0.15) is 17.8 Å². The number of halogens is 2. The van der Waals surface area contributed by atoms with Crippen LogP contribution in [0.5, 0.6) is 0 Å². The molecule has 0 unspecified atom stereocenters. The summed E-state index contributed by atoms with van der Waals surface area (Å²) in [7, 11) is 1.60. The third-order valence-electron chi connectivity index (χ3n) is 3.43. The summed E-state index contributed by atoms with van der Waals surface area (Å²) in [4.78, 5) is 17.3. The van der Waals surface area contributed by atoms with Crippen molar-refractivity contribution in [3.8, 4) is 0 Å². The molecule has 6 nitrogen and oxygen atoms in total. The van der Waals surface area contributed by atoms with Gasteiger partial charge < -0.3 is 10.2 Å². The van der Waals surface area contributed by atoms with Crippen LogP contribution in [0.2, 0.25) is 0 Å². The number of amidine groups is 1. The van der Waals surface area contributed by atoms with E-state index in [0.717, 1.165) is 6.42 Å². The Balaban J connectivity index is 2.10. The van der Waals surface area contributed by atoms with Crippen LogP contribution in [0.4, 0.5) is 25.0 Å². The highest BCUT2D eigenvalue weighted by Gasteiger charge is 2.30. The van der Waals surface area contributed by atoms with Crippen LogP contribution in [-0.4, -0.2) is 49.3 Å². The smallest absolute Gasteiger partial charge is 0.319 e. The van der Waals surface area contributed by atoms with E-state index in [9.17, 15) is 13.6 Å². The molecule has 1 aliphatic rings. The Morgan fingerprint density at radius 3 is 2.83 bits per heavy atom. The molecule has 1 N–H and O–H groups in total. The molecule has 0 saturated carbocycles. The molecule has 2 amide bonds. The second-order valence-corrected chi connectivity index (χ2v) is 5.49. The number of nitrogens with zero attached hydrogens (tertiary/aromatic N) is 4. The summed E-state index contributed by atoms with van der Waals surface area (Å²) >= 11 is 0. The first-order chi connectivity index (χ1) is 11.4. The highest BCUT2D eigenvalue weighted by Crippen LogP contribution is 2.24. The Kier molecular flexibility index (Phi) is 5.83. The molecule has 1 aliphatic heterocycles. The van der Waals surface area contributed by atoms with Crippen LogP contribution in [0.25, 0.3) is 0 Å². The monoisotopic (exact) mass is 337 g/mol. The van der Waals surface area contributed by atoms with E-state index in [2.05, 4.69) is 15.4 Å². The fourth-order valence-electron chi connectivity index (χ4n) is 2.15. The molecule has 8 heteroatoms. The molecule has 0 aromatic heterocycles. The Labute approximate surface area is 139 Å². The number of rotatable bonds is 4. The standard InChI is InChI=1S/C16H21F2N5O/c1-4-7-19-11(2)21-22(3)15-8-13(5-6-14(15)18)20-16(24)23-9-12(17)10-23/h5-8,12H,4,9-10H2,1-3H3,(H,20,24)/b19-7-,21-11+. The van der Waals surface area contributed by atoms with E-state index in [1.54, 1.807) is 20.2 Å². The van der Waals surface area contributed by atoms with Crippen LogP contribution in [0.15, 0.2) is 28.3 Å². The highest BCUT2D eigenvalue weighted by atomic mass is 19.1. The third kappa shape index (κ3) is 4.50. The van der Waals surface area contributed by atoms with Gasteiger partial charge in [-0.25, -0.2) is 18.6 Å². The Bertz CT molecular complexity index is 656. The zero-order valence-corrected chi connectivity index (χ0v) is 14.0. The lowest BCUT2D eigenvalue weighted by atomic mass is 10.2. The lowest BCUT2D eigenvalue weighted by Gasteiger charge is -2.34. The Morgan fingerprint density at radius 1 is 1.50 bits per heavy atom. The van der Waals surface area contributed by atoms with Crippen molar-refractivity contribution >= 4 is 29.5 Å². The summed E-state index contributed by atoms with van der Waals surface area (Å²) in [5.74, 6) is 0.0158. The number of carbonyl (C=O) groups is 1. The van der Waals surface area contributed by atoms with E-state index in [0.29, 0.717) is 11.5 Å². The van der Waals surface area contributed by atoms with E-state index in [1.165, 1.54) is 28.1 Å². The lowest BCUT2D eigenvalue weighted by molar-refractivity contribution is 0.0974. The summed E-state index contributed by atoms with van der Waals surface area (Å²) in [6, 6.07) is 3.76. The third-order valence-corrected chi connectivity index (χ3v) is 3.43. The largest absolute Gasteiger partial charge is 0.322 e. The number of carbonyl (C=O) groups excluding carboxylic acids is 1. The zero-order valence-electron chi connectivity index (χ0n) is 14.0. The van der Waals surface area contributed by atoms with Gasteiger partial charge in [0, 0.05) is 18.9 Å². The summed E-state index contributed by atoms with van der Waals surface area (Å²) in [6.45, 7) is 3.83. The van der Waals surface area contributed by atoms with Crippen molar-refractivity contribution in [2.45, 2.75) is 26.4 Å². The van der Waals surface area contributed by atoms with Gasteiger partial charge in [0.2, 0.25) is 0 Å². The lowest BCUT2D eigenvalue weighted by Crippen LogP contribution is -2.53. The molecule has 1 aromatic carbocycles. The van der Waals surface area contributed by atoms with Gasteiger partial charge in [0.15, 0.2) is 0 Å². The number of hydrazone groups is 1. The second-order valence-electron chi connectivity index (χ2n) is 5.49. The van der Waals surface area contributed by atoms with Gasteiger partial charge in [0.25, 0.3) is 0 Å². The minimum atomic E-state index is -0.966. The van der Waals surface area contributed by atoms with E-state index in [4.69, 9.17) is 0 Å². The van der Waals surface area contributed by atoms with Crippen molar-refractivity contribution in [2.24, 2.45) is 10.1 Å². The first-order valence-corrected chi connectivity index (χ1v) is 7.71. The average Bonchev–Trinajstić information content (AvgIpc) is 2.51. The van der Waals surface area contributed by atoms with E-state index >= 15 is 0 Å². The number of benzene rings is 1. The number of aliphatic imine (C=N–C) groups is 1. The fourth-order valence-corrected chi connectivity index (χ4v) is 2.15. The zero-order chi connectivity index (χ0) is 17.7. The quantitative estimate of drug-likeness (QED) is 0.521. The van der Waals surface area contributed by atoms with Gasteiger partial charge >= 0.3 is 6.03 Å². The van der Waals surface area contributed by atoms with Crippen molar-refractivity contribution in [3.05, 3.63) is 24.0 Å². The first-order valence-electron chi connectivity index (χ1n) is 7.71. The van der Waals surface area contributed by atoms with Gasteiger partial charge in [-0.05, 0) is 31.5 Å².